The van der Waals surface area contributed by atoms with Crippen LogP contribution in [-0.2, 0) is 5.75 Å². The second-order valence-corrected chi connectivity index (χ2v) is 8.70. The number of thiazole rings is 1. The maximum atomic E-state index is 10.7. The second-order valence-electron chi connectivity index (χ2n) is 6.45. The third-order valence-electron chi connectivity index (χ3n) is 4.33. The molecule has 1 heterocycles. The van der Waals surface area contributed by atoms with E-state index in [2.05, 4.69) is 9.98 Å². The molecule has 0 unspecified atom stereocenters. The van der Waals surface area contributed by atoms with Gasteiger partial charge in [0.1, 0.15) is 0 Å². The molecule has 0 amide bonds. The van der Waals surface area contributed by atoms with Gasteiger partial charge in [-0.25, -0.2) is 4.98 Å². The summed E-state index contributed by atoms with van der Waals surface area (Å²) in [6, 6.07) is 18.4. The Morgan fingerprint density at radius 1 is 0.935 bits per heavy atom. The smallest absolute Gasteiger partial charge is 0.258 e. The first-order chi connectivity index (χ1) is 15.0. The van der Waals surface area contributed by atoms with Crippen molar-refractivity contribution in [2.45, 2.75) is 10.1 Å². The van der Waals surface area contributed by atoms with E-state index in [0.29, 0.717) is 5.75 Å². The third-order valence-corrected chi connectivity index (χ3v) is 6.56. The first-order valence-electron chi connectivity index (χ1n) is 9.03. The fourth-order valence-corrected chi connectivity index (χ4v) is 4.78. The zero-order valence-electron chi connectivity index (χ0n) is 15.9. The maximum Gasteiger partial charge on any atom is 0.269 e. The lowest BCUT2D eigenvalue weighted by Crippen LogP contribution is -1.88. The molecule has 0 saturated heterocycles. The number of nitrogens with zero attached hydrogens (tertiary/aromatic N) is 4. The van der Waals surface area contributed by atoms with Crippen LogP contribution in [0.4, 0.5) is 17.1 Å². The van der Waals surface area contributed by atoms with E-state index in [4.69, 9.17) is 0 Å². The highest BCUT2D eigenvalue weighted by Gasteiger charge is 2.08. The predicted molar refractivity (Wildman–Crippen MR) is 123 cm³/mol. The average molecular weight is 451 g/mol. The van der Waals surface area contributed by atoms with Crippen molar-refractivity contribution in [1.29, 1.82) is 0 Å². The molecule has 4 rings (SSSR count). The first-order valence-corrected chi connectivity index (χ1v) is 10.8. The quantitative estimate of drug-likeness (QED) is 0.144. The van der Waals surface area contributed by atoms with E-state index in [1.807, 2.05) is 18.2 Å². The van der Waals surface area contributed by atoms with Crippen LogP contribution < -0.4 is 0 Å². The number of nitro benzene ring substituents is 2. The van der Waals surface area contributed by atoms with Gasteiger partial charge in [-0.05, 0) is 41.5 Å². The fourth-order valence-electron chi connectivity index (χ4n) is 2.72. The molecule has 3 aromatic carbocycles. The number of aromatic nitrogens is 1. The van der Waals surface area contributed by atoms with Gasteiger partial charge in [0, 0.05) is 36.2 Å². The molecule has 10 heteroatoms. The fraction of sp³-hybridized carbons (Fsp3) is 0.0476. The van der Waals surface area contributed by atoms with Gasteiger partial charge in [0.15, 0.2) is 4.34 Å². The molecule has 0 aliphatic heterocycles. The first kappa shape index (κ1) is 20.6. The van der Waals surface area contributed by atoms with Crippen LogP contribution in [-0.4, -0.2) is 21.0 Å². The zero-order chi connectivity index (χ0) is 21.8. The molecule has 0 saturated carbocycles. The van der Waals surface area contributed by atoms with E-state index in [1.54, 1.807) is 53.6 Å². The van der Waals surface area contributed by atoms with Crippen molar-refractivity contribution in [3.05, 3.63) is 98.1 Å². The topological polar surface area (TPSA) is 112 Å². The Kier molecular flexibility index (Phi) is 6.01. The normalized spacial score (nSPS) is 11.2. The lowest BCUT2D eigenvalue weighted by atomic mass is 10.2. The number of hydrogen-bond acceptors (Lipinski definition) is 8. The van der Waals surface area contributed by atoms with Gasteiger partial charge in [0.25, 0.3) is 11.4 Å². The van der Waals surface area contributed by atoms with Crippen LogP contribution in [0.3, 0.4) is 0 Å². The van der Waals surface area contributed by atoms with Crippen LogP contribution in [0.1, 0.15) is 11.1 Å². The summed E-state index contributed by atoms with van der Waals surface area (Å²) in [5.74, 6) is 0.670. The molecule has 0 fully saturated rings. The molecule has 0 atom stereocenters. The van der Waals surface area contributed by atoms with Crippen LogP contribution >= 0.6 is 23.1 Å². The van der Waals surface area contributed by atoms with Gasteiger partial charge in [-0.15, -0.1) is 11.3 Å². The Bertz CT molecular complexity index is 1290. The summed E-state index contributed by atoms with van der Waals surface area (Å²) in [5, 5.41) is 21.5. The third kappa shape index (κ3) is 5.11. The van der Waals surface area contributed by atoms with Crippen molar-refractivity contribution in [2.24, 2.45) is 4.99 Å². The number of benzene rings is 3. The maximum absolute atomic E-state index is 10.7. The number of nitro groups is 2. The molecule has 0 radical (unpaired) electrons. The van der Waals surface area contributed by atoms with Crippen LogP contribution in [0.15, 0.2) is 76.1 Å². The van der Waals surface area contributed by atoms with Crippen LogP contribution in [0.25, 0.3) is 10.2 Å². The van der Waals surface area contributed by atoms with Crippen molar-refractivity contribution in [3.63, 3.8) is 0 Å². The molecular weight excluding hydrogens is 436 g/mol. The molecule has 0 aliphatic carbocycles. The molecular formula is C21H14N4O4S2. The number of non-ortho nitro benzene ring substituents is 2. The van der Waals surface area contributed by atoms with E-state index in [9.17, 15) is 20.2 Å². The molecule has 154 valence electrons. The molecule has 4 aromatic rings. The van der Waals surface area contributed by atoms with Crippen LogP contribution in [0.5, 0.6) is 0 Å². The van der Waals surface area contributed by atoms with E-state index >= 15 is 0 Å². The lowest BCUT2D eigenvalue weighted by molar-refractivity contribution is -0.385. The van der Waals surface area contributed by atoms with Gasteiger partial charge in [0.05, 0.1) is 25.8 Å². The van der Waals surface area contributed by atoms with E-state index in [1.165, 1.54) is 24.3 Å². The summed E-state index contributed by atoms with van der Waals surface area (Å²) >= 11 is 3.14. The van der Waals surface area contributed by atoms with Gasteiger partial charge in [-0.1, -0.05) is 23.9 Å². The highest BCUT2D eigenvalue weighted by molar-refractivity contribution is 8.00. The minimum absolute atomic E-state index is 0.0435. The average Bonchev–Trinajstić information content (AvgIpc) is 3.19. The predicted octanol–water partition coefficient (Wildman–Crippen LogP) is 6.16. The number of aliphatic imine (C=N–C) groups is 1. The Hall–Kier alpha value is -3.63. The molecule has 8 nitrogen and oxygen atoms in total. The van der Waals surface area contributed by atoms with Gasteiger partial charge in [0.2, 0.25) is 0 Å². The van der Waals surface area contributed by atoms with E-state index < -0.39 is 9.85 Å². The summed E-state index contributed by atoms with van der Waals surface area (Å²) in [5.41, 5.74) is 3.53. The van der Waals surface area contributed by atoms with E-state index in [0.717, 1.165) is 31.4 Å². The lowest BCUT2D eigenvalue weighted by Gasteiger charge is -1.98. The van der Waals surface area contributed by atoms with Gasteiger partial charge in [-0.3, -0.25) is 25.2 Å². The number of fused-ring (bicyclic) bond motifs is 1. The number of hydrogen-bond donors (Lipinski definition) is 0. The monoisotopic (exact) mass is 450 g/mol. The standard InChI is InChI=1S/C21H14N4O4S2/c26-24(27)17-6-1-14(2-7-17)12-22-16-5-10-19-20(11-16)31-21(23-19)30-13-15-3-8-18(9-4-15)25(28)29/h1-12H,13H2. The number of rotatable bonds is 7. The Balaban J connectivity index is 1.43. The summed E-state index contributed by atoms with van der Waals surface area (Å²) < 4.78 is 1.91. The molecule has 0 bridgehead atoms. The highest BCUT2D eigenvalue weighted by Crippen LogP contribution is 2.33. The van der Waals surface area contributed by atoms with E-state index in [-0.39, 0.29) is 11.4 Å². The molecule has 1 aromatic heterocycles. The summed E-state index contributed by atoms with van der Waals surface area (Å²) in [4.78, 5) is 29.7. The van der Waals surface area contributed by atoms with Crippen LogP contribution in [0.2, 0.25) is 0 Å². The number of thioether (sulfide) groups is 1. The second kappa shape index (κ2) is 9.02. The summed E-state index contributed by atoms with van der Waals surface area (Å²) in [7, 11) is 0. The van der Waals surface area contributed by atoms with Crippen molar-refractivity contribution in [1.82, 2.24) is 4.98 Å². The Labute approximate surface area is 184 Å². The van der Waals surface area contributed by atoms with Gasteiger partial charge >= 0.3 is 0 Å². The van der Waals surface area contributed by atoms with Crippen molar-refractivity contribution in [3.8, 4) is 0 Å². The molecule has 31 heavy (non-hydrogen) atoms. The molecule has 0 spiro atoms. The van der Waals surface area contributed by atoms with Gasteiger partial charge in [-0.2, -0.15) is 0 Å². The summed E-state index contributed by atoms with van der Waals surface area (Å²) in [6.45, 7) is 0. The zero-order valence-corrected chi connectivity index (χ0v) is 17.5. The SMILES string of the molecule is O=[N+]([O-])c1ccc(C=Nc2ccc3nc(SCc4ccc([N+](=O)[O-])cc4)sc3c2)cc1. The molecule has 0 aliphatic rings. The Morgan fingerprint density at radius 2 is 1.58 bits per heavy atom. The molecule has 0 N–H and O–H groups in total. The van der Waals surface area contributed by atoms with Gasteiger partial charge < -0.3 is 0 Å². The largest absolute Gasteiger partial charge is 0.269 e. The summed E-state index contributed by atoms with van der Waals surface area (Å²) in [6.07, 6.45) is 1.66. The van der Waals surface area contributed by atoms with Crippen molar-refractivity contribution < 1.29 is 9.85 Å². The Morgan fingerprint density at radius 3 is 2.23 bits per heavy atom. The van der Waals surface area contributed by atoms with Crippen molar-refractivity contribution in [2.75, 3.05) is 0 Å². The van der Waals surface area contributed by atoms with Crippen molar-refractivity contribution >= 4 is 56.6 Å². The van der Waals surface area contributed by atoms with Crippen LogP contribution in [0, 0.1) is 20.2 Å². The minimum Gasteiger partial charge on any atom is -0.258 e. The highest BCUT2D eigenvalue weighted by atomic mass is 32.2. The minimum atomic E-state index is -0.435.